The van der Waals surface area contributed by atoms with Crippen LogP contribution in [0.5, 0.6) is 0 Å². The van der Waals surface area contributed by atoms with E-state index in [-0.39, 0.29) is 0 Å². The van der Waals surface area contributed by atoms with Crippen LogP contribution >= 0.6 is 11.8 Å². The molecule has 3 nitrogen and oxygen atoms in total. The maximum Gasteiger partial charge on any atom is 0.335 e. The van der Waals surface area contributed by atoms with Crippen molar-refractivity contribution in [2.45, 2.75) is 11.4 Å². The number of nitrogens with zero attached hydrogens (tertiary/aromatic N) is 1. The average molecular weight is 285 g/mol. The maximum atomic E-state index is 11.1. The summed E-state index contributed by atoms with van der Waals surface area (Å²) < 4.78 is 0. The van der Waals surface area contributed by atoms with Crippen LogP contribution in [0.3, 0.4) is 0 Å². The molecule has 0 fully saturated rings. The lowest BCUT2D eigenvalue weighted by Crippen LogP contribution is -2.28. The molecule has 0 aliphatic carbocycles. The Morgan fingerprint density at radius 2 is 2.00 bits per heavy atom. The average Bonchev–Trinajstić information content (AvgIpc) is 2.48. The Balaban J connectivity index is 1.92. The van der Waals surface area contributed by atoms with E-state index >= 15 is 0 Å². The minimum Gasteiger partial charge on any atom is -0.478 e. The highest BCUT2D eigenvalue weighted by Gasteiger charge is 2.19. The molecule has 1 aliphatic heterocycles. The molecular formula is C16H15NO2S. The SMILES string of the molecule is O=C(O)c1ccc2c(c1)N(Cc1ccccc1)CCS2. The fraction of sp³-hybridized carbons (Fsp3) is 0.188. The number of benzene rings is 2. The summed E-state index contributed by atoms with van der Waals surface area (Å²) in [5.74, 6) is 0.162. The molecule has 0 saturated heterocycles. The van der Waals surface area contributed by atoms with E-state index in [4.69, 9.17) is 5.11 Å². The topological polar surface area (TPSA) is 40.5 Å². The normalized spacial score (nSPS) is 13.9. The smallest absolute Gasteiger partial charge is 0.335 e. The summed E-state index contributed by atoms with van der Waals surface area (Å²) in [5, 5.41) is 9.14. The summed E-state index contributed by atoms with van der Waals surface area (Å²) in [7, 11) is 0. The quantitative estimate of drug-likeness (QED) is 0.937. The van der Waals surface area contributed by atoms with Crippen molar-refractivity contribution in [2.75, 3.05) is 17.2 Å². The van der Waals surface area contributed by atoms with Crippen molar-refractivity contribution in [3.8, 4) is 0 Å². The minimum absolute atomic E-state index is 0.351. The largest absolute Gasteiger partial charge is 0.478 e. The van der Waals surface area contributed by atoms with Crippen molar-refractivity contribution in [2.24, 2.45) is 0 Å². The van der Waals surface area contributed by atoms with Gasteiger partial charge >= 0.3 is 5.97 Å². The van der Waals surface area contributed by atoms with Gasteiger partial charge in [-0.15, -0.1) is 11.8 Å². The van der Waals surface area contributed by atoms with Crippen LogP contribution in [0.1, 0.15) is 15.9 Å². The van der Waals surface area contributed by atoms with Gasteiger partial charge in [-0.25, -0.2) is 4.79 Å². The molecule has 102 valence electrons. The van der Waals surface area contributed by atoms with E-state index in [1.54, 1.807) is 23.9 Å². The second-order valence-corrected chi connectivity index (χ2v) is 5.88. The van der Waals surface area contributed by atoms with Crippen molar-refractivity contribution in [1.29, 1.82) is 0 Å². The van der Waals surface area contributed by atoms with Gasteiger partial charge in [0.1, 0.15) is 0 Å². The van der Waals surface area contributed by atoms with Crippen LogP contribution in [-0.4, -0.2) is 23.4 Å². The number of hydrogen-bond acceptors (Lipinski definition) is 3. The van der Waals surface area contributed by atoms with Gasteiger partial charge in [0.15, 0.2) is 0 Å². The molecule has 0 aromatic heterocycles. The predicted octanol–water partition coefficient (Wildman–Crippen LogP) is 3.50. The Labute approximate surface area is 122 Å². The first-order valence-electron chi connectivity index (χ1n) is 6.53. The van der Waals surface area contributed by atoms with Crippen LogP contribution in [-0.2, 0) is 6.54 Å². The number of carbonyl (C=O) groups is 1. The summed E-state index contributed by atoms with van der Waals surface area (Å²) in [5.41, 5.74) is 2.63. The first-order chi connectivity index (χ1) is 9.74. The summed E-state index contributed by atoms with van der Waals surface area (Å²) in [6.07, 6.45) is 0. The lowest BCUT2D eigenvalue weighted by atomic mass is 10.1. The van der Waals surface area contributed by atoms with Crippen LogP contribution in [0.4, 0.5) is 5.69 Å². The number of carboxylic acid groups (broad SMARTS) is 1. The zero-order valence-corrected chi connectivity index (χ0v) is 11.8. The second kappa shape index (κ2) is 5.59. The number of thioether (sulfide) groups is 1. The van der Waals surface area contributed by atoms with Crippen LogP contribution in [0.2, 0.25) is 0 Å². The molecule has 0 unspecified atom stereocenters. The molecule has 4 heteroatoms. The van der Waals surface area contributed by atoms with Gasteiger partial charge in [-0.05, 0) is 23.8 Å². The lowest BCUT2D eigenvalue weighted by molar-refractivity contribution is 0.0697. The number of carboxylic acids is 1. The molecule has 3 rings (SSSR count). The fourth-order valence-corrected chi connectivity index (χ4v) is 3.41. The molecule has 1 N–H and O–H groups in total. The number of rotatable bonds is 3. The molecular weight excluding hydrogens is 270 g/mol. The Morgan fingerprint density at radius 1 is 1.20 bits per heavy atom. The third-order valence-corrected chi connectivity index (χ3v) is 4.42. The summed E-state index contributed by atoms with van der Waals surface area (Å²) in [4.78, 5) is 14.5. The van der Waals surface area contributed by atoms with E-state index in [0.717, 1.165) is 29.4 Å². The molecule has 0 radical (unpaired) electrons. The van der Waals surface area contributed by atoms with Crippen molar-refractivity contribution in [3.05, 3.63) is 59.7 Å². The molecule has 0 spiro atoms. The van der Waals surface area contributed by atoms with E-state index in [1.165, 1.54) is 5.56 Å². The maximum absolute atomic E-state index is 11.1. The molecule has 1 heterocycles. The highest BCUT2D eigenvalue weighted by molar-refractivity contribution is 7.99. The highest BCUT2D eigenvalue weighted by Crippen LogP contribution is 2.36. The molecule has 0 atom stereocenters. The van der Waals surface area contributed by atoms with Crippen LogP contribution in [0, 0.1) is 0 Å². The van der Waals surface area contributed by atoms with Crippen molar-refractivity contribution < 1.29 is 9.90 Å². The fourth-order valence-electron chi connectivity index (χ4n) is 2.37. The Bertz CT molecular complexity index is 628. The molecule has 0 amide bonds. The first-order valence-corrected chi connectivity index (χ1v) is 7.51. The van der Waals surface area contributed by atoms with E-state index in [2.05, 4.69) is 17.0 Å². The van der Waals surface area contributed by atoms with Gasteiger partial charge in [0, 0.05) is 23.7 Å². The molecule has 1 aliphatic rings. The van der Waals surface area contributed by atoms with Gasteiger partial charge in [-0.1, -0.05) is 30.3 Å². The van der Waals surface area contributed by atoms with E-state index in [0.29, 0.717) is 5.56 Å². The third-order valence-electron chi connectivity index (χ3n) is 3.38. The Kier molecular flexibility index (Phi) is 3.65. The first kappa shape index (κ1) is 13.1. The second-order valence-electron chi connectivity index (χ2n) is 4.74. The monoisotopic (exact) mass is 285 g/mol. The van der Waals surface area contributed by atoms with Crippen LogP contribution in [0.25, 0.3) is 0 Å². The number of aromatic carboxylic acids is 1. The van der Waals surface area contributed by atoms with Crippen LogP contribution in [0.15, 0.2) is 53.4 Å². The van der Waals surface area contributed by atoms with Gasteiger partial charge < -0.3 is 10.0 Å². The summed E-state index contributed by atoms with van der Waals surface area (Å²) >= 11 is 1.79. The Hall–Kier alpha value is -1.94. The van der Waals surface area contributed by atoms with Gasteiger partial charge in [0.25, 0.3) is 0 Å². The molecule has 2 aromatic carbocycles. The van der Waals surface area contributed by atoms with Crippen molar-refractivity contribution in [3.63, 3.8) is 0 Å². The predicted molar refractivity (Wildman–Crippen MR) is 81.6 cm³/mol. The number of fused-ring (bicyclic) bond motifs is 1. The highest BCUT2D eigenvalue weighted by atomic mass is 32.2. The molecule has 0 bridgehead atoms. The summed E-state index contributed by atoms with van der Waals surface area (Å²) in [6, 6.07) is 15.6. The molecule has 0 saturated carbocycles. The van der Waals surface area contributed by atoms with Gasteiger partial charge in [-0.2, -0.15) is 0 Å². The standard InChI is InChI=1S/C16H15NO2S/c18-16(19)13-6-7-15-14(10-13)17(8-9-20-15)11-12-4-2-1-3-5-12/h1-7,10H,8-9,11H2,(H,18,19). The van der Waals surface area contributed by atoms with E-state index < -0.39 is 5.97 Å². The van der Waals surface area contributed by atoms with Crippen molar-refractivity contribution in [1.82, 2.24) is 0 Å². The summed E-state index contributed by atoms with van der Waals surface area (Å²) in [6.45, 7) is 1.76. The molecule has 20 heavy (non-hydrogen) atoms. The number of hydrogen-bond donors (Lipinski definition) is 1. The third kappa shape index (κ3) is 2.65. The minimum atomic E-state index is -0.872. The molecule has 2 aromatic rings. The van der Waals surface area contributed by atoms with Crippen LogP contribution < -0.4 is 4.90 Å². The zero-order valence-electron chi connectivity index (χ0n) is 11.0. The van der Waals surface area contributed by atoms with Gasteiger partial charge in [0.05, 0.1) is 11.3 Å². The zero-order chi connectivity index (χ0) is 13.9. The van der Waals surface area contributed by atoms with Crippen molar-refractivity contribution >= 4 is 23.4 Å². The Morgan fingerprint density at radius 3 is 2.75 bits per heavy atom. The lowest BCUT2D eigenvalue weighted by Gasteiger charge is -2.31. The number of anilines is 1. The van der Waals surface area contributed by atoms with Gasteiger partial charge in [0.2, 0.25) is 0 Å². The van der Waals surface area contributed by atoms with Gasteiger partial charge in [-0.3, -0.25) is 0 Å². The van der Waals surface area contributed by atoms with E-state index in [9.17, 15) is 4.79 Å². The van der Waals surface area contributed by atoms with E-state index in [1.807, 2.05) is 24.3 Å².